The Morgan fingerprint density at radius 2 is 0.744 bits per heavy atom. The molecule has 15 rings (SSSR count). The molecule has 0 radical (unpaired) electrons. The van der Waals surface area contributed by atoms with Crippen molar-refractivity contribution in [2.45, 2.75) is 111 Å². The van der Waals surface area contributed by atoms with Gasteiger partial charge in [0.25, 0.3) is 0 Å². The second-order valence-corrected chi connectivity index (χ2v) is 29.6. The largest absolute Gasteiger partial charge is 0.507 e. The van der Waals surface area contributed by atoms with Crippen molar-refractivity contribution in [1.29, 1.82) is 0 Å². The van der Waals surface area contributed by atoms with Crippen molar-refractivity contribution in [3.8, 4) is 56.0 Å². The molecule has 2 saturated carbocycles. The first-order valence-corrected chi connectivity index (χ1v) is 31.9. The summed E-state index contributed by atoms with van der Waals surface area (Å²) >= 11 is 0. The van der Waals surface area contributed by atoms with Crippen molar-refractivity contribution in [1.82, 2.24) is 0 Å². The van der Waals surface area contributed by atoms with Gasteiger partial charge in [-0.05, 0) is 198 Å². The normalized spacial score (nSPS) is 21.0. The van der Waals surface area contributed by atoms with Crippen molar-refractivity contribution in [2.24, 2.45) is 21.7 Å². The molecular weight excluding hydrogens is 1060 g/mol. The van der Waals surface area contributed by atoms with Crippen LogP contribution in [0, 0.1) is 21.7 Å². The van der Waals surface area contributed by atoms with Crippen molar-refractivity contribution in [3.05, 3.63) is 161 Å². The molecule has 5 fully saturated rings. The summed E-state index contributed by atoms with van der Waals surface area (Å²) in [5.74, 6) is 0.708. The maximum absolute atomic E-state index is 11.9. The molecule has 2 spiro atoms. The summed E-state index contributed by atoms with van der Waals surface area (Å²) in [6.07, 6.45) is 6.66. The quantitative estimate of drug-likeness (QED) is 0.150. The van der Waals surface area contributed by atoms with Crippen LogP contribution in [0.15, 0.2) is 133 Å². The standard InChI is InChI=1S/C40H46N2O3.C37H41NO3/c1-38(2)24-39(3,4)26-40(25-38)33-8-6-5-7-29(33)37-32-22-35(42-15-19-45-20-16-42)30(21-31(32)36(43)23-34(37)40)27-9-11-28(12-10-27)41-13-17-44-18-14-41;1-35(2)21-36(3,4)23-37(22-35)31-8-6-5-7-27(31)34-30-17-25(20-39)28(18-29(30)33(40)19-32(34)37)24-9-11-26(12-10-24)38-13-15-41-16-14-38/h5-12,21-23,43H,13-20,24-26H2,1-4H3;5-12,17-19,39-40H,13-16,20-23H2,1-4H3. The lowest BCUT2D eigenvalue weighted by atomic mass is 9.52. The number of hydrogen-bond donors (Lipinski definition) is 3. The molecule has 8 aromatic rings. The summed E-state index contributed by atoms with van der Waals surface area (Å²) < 4.78 is 16.9. The first-order chi connectivity index (χ1) is 41.2. The van der Waals surface area contributed by atoms with Crippen LogP contribution < -0.4 is 14.7 Å². The third-order valence-electron chi connectivity index (χ3n) is 20.7. The van der Waals surface area contributed by atoms with E-state index in [0.29, 0.717) is 11.5 Å². The Morgan fingerprint density at radius 3 is 1.16 bits per heavy atom. The highest BCUT2D eigenvalue weighted by molar-refractivity contribution is 6.10. The summed E-state index contributed by atoms with van der Waals surface area (Å²) in [6.45, 7) is 29.1. The van der Waals surface area contributed by atoms with Crippen LogP contribution in [0.3, 0.4) is 0 Å². The molecule has 9 heteroatoms. The number of nitrogens with zero attached hydrogens (tertiary/aromatic N) is 3. The predicted octanol–water partition coefficient (Wildman–Crippen LogP) is 16.4. The lowest BCUT2D eigenvalue weighted by Crippen LogP contribution is -2.43. The molecule has 0 atom stereocenters. The van der Waals surface area contributed by atoms with Crippen LogP contribution in [0.1, 0.15) is 122 Å². The third kappa shape index (κ3) is 9.84. The molecule has 0 unspecified atom stereocenters. The Labute approximate surface area is 509 Å². The minimum absolute atomic E-state index is 0.0617. The minimum Gasteiger partial charge on any atom is -0.507 e. The van der Waals surface area contributed by atoms with Crippen LogP contribution >= 0.6 is 0 Å². The number of phenolic OH excluding ortho intramolecular Hbond substituents is 2. The Kier molecular flexibility index (Phi) is 14.0. The molecule has 8 aromatic carbocycles. The lowest BCUT2D eigenvalue weighted by Gasteiger charge is -2.51. The van der Waals surface area contributed by atoms with Crippen molar-refractivity contribution in [2.75, 3.05) is 93.6 Å². The summed E-state index contributed by atoms with van der Waals surface area (Å²) in [5, 5.41) is 38.1. The van der Waals surface area contributed by atoms with E-state index >= 15 is 0 Å². The Balaban J connectivity index is 0.000000153. The SMILES string of the molecule is CC1(C)CC(C)(C)CC2(C1)c1ccccc1-c1c2cc(O)c2cc(-c3ccc(N4CCOCC4)cc3)c(CO)cc12.CC1(C)CC(C)(C)CC2(C1)c1ccccc1-c1c2cc(O)c2cc(-c3ccc(N4CCOCC4)cc3)c(N3CCOCC3)cc12. The van der Waals surface area contributed by atoms with Crippen molar-refractivity contribution in [3.63, 3.8) is 0 Å². The molecule has 0 aromatic heterocycles. The van der Waals surface area contributed by atoms with Crippen LogP contribution in [0.2, 0.25) is 0 Å². The van der Waals surface area contributed by atoms with Gasteiger partial charge in [-0.2, -0.15) is 0 Å². The van der Waals surface area contributed by atoms with E-state index in [0.717, 1.165) is 148 Å². The molecule has 7 aliphatic rings. The zero-order chi connectivity index (χ0) is 59.5. The van der Waals surface area contributed by atoms with Crippen LogP contribution in [-0.4, -0.2) is 94.2 Å². The molecule has 4 aliphatic carbocycles. The smallest absolute Gasteiger partial charge is 0.123 e. The molecule has 9 nitrogen and oxygen atoms in total. The van der Waals surface area contributed by atoms with Gasteiger partial charge in [-0.3, -0.25) is 0 Å². The van der Waals surface area contributed by atoms with E-state index in [1.807, 2.05) is 0 Å². The highest BCUT2D eigenvalue weighted by Crippen LogP contribution is 2.67. The van der Waals surface area contributed by atoms with Gasteiger partial charge >= 0.3 is 0 Å². The number of rotatable bonds is 6. The van der Waals surface area contributed by atoms with Crippen molar-refractivity contribution < 1.29 is 29.5 Å². The summed E-state index contributed by atoms with van der Waals surface area (Å²) in [4.78, 5) is 7.22. The van der Waals surface area contributed by atoms with Gasteiger partial charge in [-0.1, -0.05) is 128 Å². The van der Waals surface area contributed by atoms with Crippen LogP contribution in [0.25, 0.3) is 66.1 Å². The topological polar surface area (TPSA) is 98.1 Å². The fraction of sp³-hybridized carbons (Fsp3) is 0.429. The summed E-state index contributed by atoms with van der Waals surface area (Å²) in [7, 11) is 0. The van der Waals surface area contributed by atoms with Gasteiger partial charge in [-0.25, -0.2) is 0 Å². The molecule has 3 heterocycles. The Bertz CT molecular complexity index is 3880. The highest BCUT2D eigenvalue weighted by Gasteiger charge is 2.55. The van der Waals surface area contributed by atoms with Gasteiger partial charge in [0, 0.05) is 83.5 Å². The average Bonchev–Trinajstić information content (AvgIpc) is 1.53. The van der Waals surface area contributed by atoms with Crippen LogP contribution in [0.4, 0.5) is 17.1 Å². The molecule has 0 bridgehead atoms. The molecule has 3 aliphatic heterocycles. The van der Waals surface area contributed by atoms with Gasteiger partial charge < -0.3 is 44.2 Å². The number of ether oxygens (including phenoxy) is 3. The fourth-order valence-corrected chi connectivity index (χ4v) is 18.8. The number of anilines is 3. The first-order valence-electron chi connectivity index (χ1n) is 31.9. The van der Waals surface area contributed by atoms with Gasteiger partial charge in [0.1, 0.15) is 11.5 Å². The highest BCUT2D eigenvalue weighted by atomic mass is 16.5. The van der Waals surface area contributed by atoms with Crippen LogP contribution in [-0.2, 0) is 31.6 Å². The number of benzene rings is 8. The molecule has 3 N–H and O–H groups in total. The van der Waals surface area contributed by atoms with Gasteiger partial charge in [0.05, 0.1) is 46.2 Å². The average molecular weight is 1150 g/mol. The van der Waals surface area contributed by atoms with E-state index in [2.05, 4.69) is 204 Å². The van der Waals surface area contributed by atoms with E-state index in [9.17, 15) is 15.3 Å². The molecule has 86 heavy (non-hydrogen) atoms. The monoisotopic (exact) mass is 1150 g/mol. The number of fused-ring (bicyclic) bond motifs is 14. The van der Waals surface area contributed by atoms with E-state index in [4.69, 9.17) is 14.2 Å². The molecule has 0 amide bonds. The van der Waals surface area contributed by atoms with E-state index in [1.54, 1.807) is 0 Å². The third-order valence-corrected chi connectivity index (χ3v) is 20.7. The second kappa shape index (κ2) is 21.2. The number of morpholine rings is 3. The first kappa shape index (κ1) is 56.9. The summed E-state index contributed by atoms with van der Waals surface area (Å²) in [6, 6.07) is 48.6. The molecule has 3 saturated heterocycles. The number of aliphatic hydroxyl groups is 1. The minimum atomic E-state index is -0.143. The maximum atomic E-state index is 11.9. The molecular formula is C77H87N3O6. The lowest BCUT2D eigenvalue weighted by molar-refractivity contribution is 0.0641. The van der Waals surface area contributed by atoms with Gasteiger partial charge in [0.2, 0.25) is 0 Å². The number of aliphatic hydroxyl groups excluding tert-OH is 1. The Morgan fingerprint density at radius 1 is 0.372 bits per heavy atom. The number of hydrogen-bond acceptors (Lipinski definition) is 9. The van der Waals surface area contributed by atoms with Gasteiger partial charge in [-0.15, -0.1) is 0 Å². The second-order valence-electron chi connectivity index (χ2n) is 29.6. The van der Waals surface area contributed by atoms with E-state index < -0.39 is 0 Å². The fourth-order valence-electron chi connectivity index (χ4n) is 18.8. The van der Waals surface area contributed by atoms with E-state index in [-0.39, 0.29) is 39.1 Å². The molecule has 446 valence electrons. The van der Waals surface area contributed by atoms with E-state index in [1.165, 1.54) is 80.0 Å². The zero-order valence-electron chi connectivity index (χ0n) is 52.0. The number of aromatic hydroxyl groups is 2. The van der Waals surface area contributed by atoms with Crippen LogP contribution in [0.5, 0.6) is 11.5 Å². The predicted molar refractivity (Wildman–Crippen MR) is 352 cm³/mol. The van der Waals surface area contributed by atoms with Crippen molar-refractivity contribution >= 4 is 38.6 Å². The van der Waals surface area contributed by atoms with Gasteiger partial charge in [0.15, 0.2) is 0 Å². The maximum Gasteiger partial charge on any atom is 0.123 e. The number of phenols is 2. The summed E-state index contributed by atoms with van der Waals surface area (Å²) in [5.41, 5.74) is 19.9. The Hall–Kier alpha value is -6.88. The zero-order valence-corrected chi connectivity index (χ0v) is 52.0.